The van der Waals surface area contributed by atoms with Gasteiger partial charge in [0, 0.05) is 12.8 Å². The van der Waals surface area contributed by atoms with E-state index < -0.39 is 12.1 Å². The summed E-state index contributed by atoms with van der Waals surface area (Å²) < 4.78 is 5.51. The molecule has 3 N–H and O–H groups in total. The molecule has 490 valence electrons. The highest BCUT2D eigenvalue weighted by Crippen LogP contribution is 2.19. The molecular weight excluding hydrogens is 1020 g/mol. The van der Waals surface area contributed by atoms with Crippen LogP contribution in [0.4, 0.5) is 0 Å². The monoisotopic (exact) mass is 1170 g/mol. The molecule has 83 heavy (non-hydrogen) atoms. The number of nitrogens with one attached hydrogen (secondary N) is 1. The number of esters is 1. The van der Waals surface area contributed by atoms with Gasteiger partial charge in [-0.1, -0.05) is 378 Å². The predicted octanol–water partition coefficient (Wildman–Crippen LogP) is 24.7. The van der Waals surface area contributed by atoms with Crippen LogP contribution >= 0.6 is 0 Å². The molecule has 6 nitrogen and oxygen atoms in total. The number of unbranched alkanes of at least 4 members (excludes halogenated alkanes) is 56. The quantitative estimate of drug-likeness (QED) is 0.0320. The summed E-state index contributed by atoms with van der Waals surface area (Å²) in [4.78, 5) is 24.6. The highest BCUT2D eigenvalue weighted by atomic mass is 16.5. The molecule has 0 aliphatic heterocycles. The molecule has 2 unspecified atom stereocenters. The molecule has 0 bridgehead atoms. The summed E-state index contributed by atoms with van der Waals surface area (Å²) in [5.41, 5.74) is 0. The van der Waals surface area contributed by atoms with E-state index in [9.17, 15) is 19.8 Å². The number of hydrogen-bond acceptors (Lipinski definition) is 5. The van der Waals surface area contributed by atoms with Crippen molar-refractivity contribution in [3.63, 3.8) is 0 Å². The van der Waals surface area contributed by atoms with Crippen molar-refractivity contribution in [1.82, 2.24) is 5.32 Å². The fraction of sp³-hybridized carbons (Fsp3) is 0.896. The Labute approximate surface area is 519 Å². The molecule has 1 amide bonds. The maximum Gasteiger partial charge on any atom is 0.305 e. The second kappa shape index (κ2) is 72.6. The highest BCUT2D eigenvalue weighted by Gasteiger charge is 2.18. The van der Waals surface area contributed by atoms with E-state index in [2.05, 4.69) is 43.5 Å². The van der Waals surface area contributed by atoms with E-state index in [0.29, 0.717) is 19.4 Å². The van der Waals surface area contributed by atoms with Crippen molar-refractivity contribution in [2.75, 3.05) is 13.2 Å². The third-order valence-electron chi connectivity index (χ3n) is 17.7. The van der Waals surface area contributed by atoms with Crippen LogP contribution in [-0.4, -0.2) is 47.4 Å². The molecule has 0 spiro atoms. The van der Waals surface area contributed by atoms with Gasteiger partial charge in [0.2, 0.25) is 5.91 Å². The molecule has 0 aromatic carbocycles. The van der Waals surface area contributed by atoms with Crippen LogP contribution < -0.4 is 5.32 Å². The van der Waals surface area contributed by atoms with Crippen LogP contribution in [0.3, 0.4) is 0 Å². The Hall–Kier alpha value is -1.92. The van der Waals surface area contributed by atoms with Crippen LogP contribution in [0, 0.1) is 0 Å². The Bertz CT molecular complexity index is 1340. The van der Waals surface area contributed by atoms with Gasteiger partial charge in [-0.15, -0.1) is 0 Å². The molecule has 2 atom stereocenters. The summed E-state index contributed by atoms with van der Waals surface area (Å²) in [6.45, 7) is 4.95. The predicted molar refractivity (Wildman–Crippen MR) is 366 cm³/mol. The van der Waals surface area contributed by atoms with Gasteiger partial charge in [0.05, 0.1) is 25.4 Å². The van der Waals surface area contributed by atoms with E-state index in [-0.39, 0.29) is 18.5 Å². The molecule has 0 aliphatic carbocycles. The lowest BCUT2D eigenvalue weighted by atomic mass is 10.0. The number of hydrogen-bond donors (Lipinski definition) is 3. The van der Waals surface area contributed by atoms with Gasteiger partial charge in [0.15, 0.2) is 0 Å². The zero-order valence-corrected chi connectivity index (χ0v) is 56.2. The Balaban J connectivity index is 3.42. The van der Waals surface area contributed by atoms with Crippen molar-refractivity contribution in [1.29, 1.82) is 0 Å². The number of aliphatic hydroxyl groups excluding tert-OH is 2. The zero-order chi connectivity index (χ0) is 59.9. The maximum absolute atomic E-state index is 12.5. The number of rotatable bonds is 71. The smallest absolute Gasteiger partial charge is 0.305 e. The van der Waals surface area contributed by atoms with Gasteiger partial charge in [-0.2, -0.15) is 0 Å². The largest absolute Gasteiger partial charge is 0.466 e. The SMILES string of the molecule is CCCCCCCCCCCCCCCCCCCC/C=C/C(O)C(CO)NC(=O)CCCCCCCCCCCCC/C=C\C/C=C\CCCCCCCCCCCOC(=O)CCCCCCCCCCCCCCCCCCCCC. The average molecular weight is 1170 g/mol. The van der Waals surface area contributed by atoms with Crippen LogP contribution in [0.15, 0.2) is 36.5 Å². The number of aliphatic hydroxyl groups is 2. The van der Waals surface area contributed by atoms with E-state index in [0.717, 1.165) is 44.9 Å². The number of allylic oxidation sites excluding steroid dienone is 5. The fourth-order valence-corrected chi connectivity index (χ4v) is 11.9. The minimum absolute atomic E-state index is 0.0158. The van der Waals surface area contributed by atoms with Crippen molar-refractivity contribution in [2.45, 2.75) is 431 Å². The van der Waals surface area contributed by atoms with Crippen LogP contribution in [0.25, 0.3) is 0 Å². The van der Waals surface area contributed by atoms with Gasteiger partial charge >= 0.3 is 5.97 Å². The van der Waals surface area contributed by atoms with E-state index >= 15 is 0 Å². The van der Waals surface area contributed by atoms with Gasteiger partial charge in [-0.25, -0.2) is 0 Å². The third-order valence-corrected chi connectivity index (χ3v) is 17.7. The Morgan fingerprint density at radius 1 is 0.337 bits per heavy atom. The van der Waals surface area contributed by atoms with Crippen molar-refractivity contribution in [3.05, 3.63) is 36.5 Å². The van der Waals surface area contributed by atoms with Gasteiger partial charge in [-0.3, -0.25) is 9.59 Å². The lowest BCUT2D eigenvalue weighted by Crippen LogP contribution is -2.45. The molecule has 0 radical (unpaired) electrons. The number of carbonyl (C=O) groups excluding carboxylic acids is 2. The standard InChI is InChI=1S/C77H147NO5/c1-3-5-7-9-11-13-15-17-19-21-23-34-37-41-45-49-53-57-61-65-69-75(80)74(73-79)78-76(81)70-66-62-58-54-50-46-42-38-35-31-29-27-25-24-26-28-30-32-36-40-44-48-52-56-60-64-68-72-83-77(82)71-67-63-59-55-51-47-43-39-33-22-20-18-16-14-12-10-8-6-4-2/h24-25,28,30,65,69,74-75,79-80H,3-23,26-27,29,31-64,66-68,70-73H2,1-2H3,(H,78,81)/b25-24-,30-28-,69-65+. The Morgan fingerprint density at radius 2 is 0.602 bits per heavy atom. The molecule has 0 heterocycles. The summed E-state index contributed by atoms with van der Waals surface area (Å²) in [7, 11) is 0. The summed E-state index contributed by atoms with van der Waals surface area (Å²) in [6.07, 6.45) is 93.8. The lowest BCUT2D eigenvalue weighted by molar-refractivity contribution is -0.143. The van der Waals surface area contributed by atoms with E-state index in [4.69, 9.17) is 4.74 Å². The van der Waals surface area contributed by atoms with Crippen LogP contribution in [0.1, 0.15) is 418 Å². The van der Waals surface area contributed by atoms with Crippen LogP contribution in [0.2, 0.25) is 0 Å². The third kappa shape index (κ3) is 69.1. The molecular formula is C77H147NO5. The highest BCUT2D eigenvalue weighted by molar-refractivity contribution is 5.76. The van der Waals surface area contributed by atoms with Crippen molar-refractivity contribution in [3.8, 4) is 0 Å². The first-order valence-electron chi connectivity index (χ1n) is 37.8. The lowest BCUT2D eigenvalue weighted by Gasteiger charge is -2.20. The first kappa shape index (κ1) is 81.1. The van der Waals surface area contributed by atoms with Crippen molar-refractivity contribution in [2.24, 2.45) is 0 Å². The van der Waals surface area contributed by atoms with Crippen molar-refractivity contribution >= 4 is 11.9 Å². The van der Waals surface area contributed by atoms with Crippen molar-refractivity contribution < 1.29 is 24.5 Å². The maximum atomic E-state index is 12.5. The van der Waals surface area contributed by atoms with Crippen LogP contribution in [-0.2, 0) is 14.3 Å². The topological polar surface area (TPSA) is 95.9 Å². The average Bonchev–Trinajstić information content (AvgIpc) is 3.49. The minimum atomic E-state index is -0.848. The molecule has 0 aromatic rings. The minimum Gasteiger partial charge on any atom is -0.466 e. The summed E-state index contributed by atoms with van der Waals surface area (Å²) in [6, 6.07) is -0.632. The molecule has 0 rings (SSSR count). The Morgan fingerprint density at radius 3 is 0.916 bits per heavy atom. The van der Waals surface area contributed by atoms with Gasteiger partial charge < -0.3 is 20.3 Å². The molecule has 0 aliphatic rings. The van der Waals surface area contributed by atoms with Gasteiger partial charge in [0.1, 0.15) is 0 Å². The Kier molecular flexibility index (Phi) is 70.9. The fourth-order valence-electron chi connectivity index (χ4n) is 11.9. The van der Waals surface area contributed by atoms with Gasteiger partial charge in [0.25, 0.3) is 0 Å². The summed E-state index contributed by atoms with van der Waals surface area (Å²) in [5.74, 6) is -0.0517. The molecule has 0 aromatic heterocycles. The molecule has 0 saturated heterocycles. The molecule has 0 saturated carbocycles. The zero-order valence-electron chi connectivity index (χ0n) is 56.2. The normalized spacial score (nSPS) is 12.7. The molecule has 6 heteroatoms. The molecule has 0 fully saturated rings. The summed E-state index contributed by atoms with van der Waals surface area (Å²) in [5, 5.41) is 23.2. The van der Waals surface area contributed by atoms with E-state index in [1.165, 1.54) is 347 Å². The number of carbonyl (C=O) groups is 2. The van der Waals surface area contributed by atoms with E-state index in [1.807, 2.05) is 6.08 Å². The number of amides is 1. The van der Waals surface area contributed by atoms with Crippen LogP contribution in [0.5, 0.6) is 0 Å². The number of ether oxygens (including phenoxy) is 1. The second-order valence-corrected chi connectivity index (χ2v) is 26.0. The first-order valence-corrected chi connectivity index (χ1v) is 37.8. The van der Waals surface area contributed by atoms with E-state index in [1.54, 1.807) is 6.08 Å². The summed E-state index contributed by atoms with van der Waals surface area (Å²) >= 11 is 0. The second-order valence-electron chi connectivity index (χ2n) is 26.0. The first-order chi connectivity index (χ1) is 41.0. The van der Waals surface area contributed by atoms with Gasteiger partial charge in [-0.05, 0) is 64.2 Å².